The van der Waals surface area contributed by atoms with Crippen molar-refractivity contribution in [3.63, 3.8) is 0 Å². The van der Waals surface area contributed by atoms with Gasteiger partial charge in [0.1, 0.15) is 11.8 Å². The van der Waals surface area contributed by atoms with Crippen LogP contribution in [0.2, 0.25) is 0 Å². The van der Waals surface area contributed by atoms with E-state index in [2.05, 4.69) is 54.6 Å². The average Bonchev–Trinajstić information content (AvgIpc) is 3.34. The van der Waals surface area contributed by atoms with Crippen LogP contribution in [0, 0.1) is 0 Å². The number of anilines is 1. The molecular formula is C25H24N8O. The number of benzene rings is 2. The van der Waals surface area contributed by atoms with Crippen molar-refractivity contribution < 1.29 is 4.74 Å². The Labute approximate surface area is 196 Å². The Kier molecular flexibility index (Phi) is 5.31. The fourth-order valence-corrected chi connectivity index (χ4v) is 4.38. The van der Waals surface area contributed by atoms with Gasteiger partial charge in [0.25, 0.3) is 0 Å². The van der Waals surface area contributed by atoms with Crippen molar-refractivity contribution in [1.82, 2.24) is 34.9 Å². The van der Waals surface area contributed by atoms with E-state index in [-0.39, 0.29) is 12.3 Å². The molecule has 2 atom stereocenters. The summed E-state index contributed by atoms with van der Waals surface area (Å²) in [6.07, 6.45) is 6.46. The van der Waals surface area contributed by atoms with Crippen molar-refractivity contribution in [2.75, 3.05) is 11.9 Å². The second-order valence-corrected chi connectivity index (χ2v) is 8.49. The third-order valence-electron chi connectivity index (χ3n) is 6.19. The summed E-state index contributed by atoms with van der Waals surface area (Å²) in [6, 6.07) is 16.1. The van der Waals surface area contributed by atoms with Gasteiger partial charge >= 0.3 is 0 Å². The molecule has 0 bridgehead atoms. The van der Waals surface area contributed by atoms with E-state index in [1.165, 1.54) is 0 Å². The molecule has 1 aliphatic heterocycles. The van der Waals surface area contributed by atoms with Crippen molar-refractivity contribution in [3.8, 4) is 11.3 Å². The van der Waals surface area contributed by atoms with Crippen LogP contribution in [0.5, 0.6) is 0 Å². The molecule has 4 heterocycles. The van der Waals surface area contributed by atoms with E-state index in [1.807, 2.05) is 47.3 Å². The quantitative estimate of drug-likeness (QED) is 0.409. The Morgan fingerprint density at radius 3 is 2.79 bits per heavy atom. The summed E-state index contributed by atoms with van der Waals surface area (Å²) >= 11 is 0. The SMILES string of the molecule is C[C@@H](Nc1nnc2cc(-c3ncnc4c3cnn4C3CCCCO3)ccc2n1)c1ccccc1. The maximum Gasteiger partial charge on any atom is 0.243 e. The number of nitrogens with zero attached hydrogens (tertiary/aromatic N) is 7. The van der Waals surface area contributed by atoms with Crippen LogP contribution in [-0.4, -0.2) is 41.5 Å². The maximum absolute atomic E-state index is 5.91. The van der Waals surface area contributed by atoms with Crippen LogP contribution in [-0.2, 0) is 4.74 Å². The summed E-state index contributed by atoms with van der Waals surface area (Å²) in [6.45, 7) is 2.83. The van der Waals surface area contributed by atoms with Gasteiger partial charge in [0, 0.05) is 12.2 Å². The molecule has 0 amide bonds. The molecule has 0 saturated carbocycles. The summed E-state index contributed by atoms with van der Waals surface area (Å²) in [5.41, 5.74) is 5.11. The van der Waals surface area contributed by atoms with Crippen molar-refractivity contribution in [1.29, 1.82) is 0 Å². The molecule has 9 nitrogen and oxygen atoms in total. The van der Waals surface area contributed by atoms with Gasteiger partial charge in [-0.25, -0.2) is 19.6 Å². The first-order valence-corrected chi connectivity index (χ1v) is 11.5. The highest BCUT2D eigenvalue weighted by Gasteiger charge is 2.21. The number of hydrogen-bond donors (Lipinski definition) is 1. The van der Waals surface area contributed by atoms with E-state index in [0.717, 1.165) is 59.2 Å². The second-order valence-electron chi connectivity index (χ2n) is 8.49. The number of fused-ring (bicyclic) bond motifs is 2. The molecule has 1 unspecified atom stereocenters. The van der Waals surface area contributed by atoms with Crippen LogP contribution < -0.4 is 5.32 Å². The molecule has 9 heteroatoms. The Balaban J connectivity index is 1.30. The molecule has 0 radical (unpaired) electrons. The van der Waals surface area contributed by atoms with Gasteiger partial charge in [-0.05, 0) is 43.9 Å². The number of hydrogen-bond acceptors (Lipinski definition) is 8. The average molecular weight is 453 g/mol. The van der Waals surface area contributed by atoms with E-state index in [9.17, 15) is 0 Å². The van der Waals surface area contributed by atoms with Crippen LogP contribution in [0.25, 0.3) is 33.3 Å². The minimum Gasteiger partial charge on any atom is -0.356 e. The van der Waals surface area contributed by atoms with Gasteiger partial charge < -0.3 is 10.1 Å². The topological polar surface area (TPSA) is 104 Å². The Morgan fingerprint density at radius 1 is 1.03 bits per heavy atom. The third kappa shape index (κ3) is 3.84. The molecule has 6 rings (SSSR count). The number of ether oxygens (including phenoxy) is 1. The second kappa shape index (κ2) is 8.75. The van der Waals surface area contributed by atoms with Crippen LogP contribution in [0.15, 0.2) is 61.1 Å². The highest BCUT2D eigenvalue weighted by molar-refractivity contribution is 5.92. The monoisotopic (exact) mass is 452 g/mol. The summed E-state index contributed by atoms with van der Waals surface area (Å²) in [4.78, 5) is 13.7. The van der Waals surface area contributed by atoms with Crippen molar-refractivity contribution in [2.45, 2.75) is 38.5 Å². The van der Waals surface area contributed by atoms with Gasteiger partial charge in [-0.3, -0.25) is 0 Å². The molecule has 3 aromatic heterocycles. The molecule has 0 spiro atoms. The fourth-order valence-electron chi connectivity index (χ4n) is 4.38. The molecule has 34 heavy (non-hydrogen) atoms. The van der Waals surface area contributed by atoms with Crippen molar-refractivity contribution >= 4 is 28.0 Å². The highest BCUT2D eigenvalue weighted by Crippen LogP contribution is 2.30. The lowest BCUT2D eigenvalue weighted by Crippen LogP contribution is -2.19. The van der Waals surface area contributed by atoms with Crippen LogP contribution >= 0.6 is 0 Å². The van der Waals surface area contributed by atoms with Crippen molar-refractivity contribution in [2.24, 2.45) is 0 Å². The summed E-state index contributed by atoms with van der Waals surface area (Å²) < 4.78 is 7.78. The number of nitrogens with one attached hydrogen (secondary N) is 1. The largest absolute Gasteiger partial charge is 0.356 e. The van der Waals surface area contributed by atoms with E-state index in [4.69, 9.17) is 4.74 Å². The minimum atomic E-state index is -0.0788. The fraction of sp³-hybridized carbons (Fsp3) is 0.280. The van der Waals surface area contributed by atoms with Crippen molar-refractivity contribution in [3.05, 3.63) is 66.6 Å². The summed E-state index contributed by atoms with van der Waals surface area (Å²) in [5.74, 6) is 0.495. The lowest BCUT2D eigenvalue weighted by Gasteiger charge is -2.22. The first-order valence-electron chi connectivity index (χ1n) is 11.5. The first-order chi connectivity index (χ1) is 16.8. The Bertz CT molecular complexity index is 1450. The highest BCUT2D eigenvalue weighted by atomic mass is 16.5. The molecular weight excluding hydrogens is 428 g/mol. The molecule has 1 N–H and O–H groups in total. The number of rotatable bonds is 5. The van der Waals surface area contributed by atoms with E-state index < -0.39 is 0 Å². The Hall–Kier alpha value is -3.98. The molecule has 0 aliphatic carbocycles. The van der Waals surface area contributed by atoms with E-state index in [1.54, 1.807) is 6.33 Å². The smallest absolute Gasteiger partial charge is 0.243 e. The maximum atomic E-state index is 5.91. The van der Waals surface area contributed by atoms with Crippen LogP contribution in [0.1, 0.15) is 44.0 Å². The zero-order chi connectivity index (χ0) is 22.9. The van der Waals surface area contributed by atoms with Crippen LogP contribution in [0.4, 0.5) is 5.95 Å². The Morgan fingerprint density at radius 2 is 1.94 bits per heavy atom. The van der Waals surface area contributed by atoms with E-state index >= 15 is 0 Å². The lowest BCUT2D eigenvalue weighted by atomic mass is 10.1. The van der Waals surface area contributed by atoms with Gasteiger partial charge in [-0.1, -0.05) is 36.4 Å². The summed E-state index contributed by atoms with van der Waals surface area (Å²) in [7, 11) is 0. The van der Waals surface area contributed by atoms with E-state index in [0.29, 0.717) is 11.5 Å². The molecule has 5 aromatic rings. The molecule has 2 aromatic carbocycles. The van der Waals surface area contributed by atoms with Gasteiger partial charge in [0.15, 0.2) is 11.9 Å². The summed E-state index contributed by atoms with van der Waals surface area (Å²) in [5, 5.41) is 17.5. The zero-order valence-corrected chi connectivity index (χ0v) is 18.8. The molecule has 170 valence electrons. The van der Waals surface area contributed by atoms with Gasteiger partial charge in [-0.15, -0.1) is 10.2 Å². The molecule has 1 aliphatic rings. The van der Waals surface area contributed by atoms with Gasteiger partial charge in [-0.2, -0.15) is 5.10 Å². The van der Waals surface area contributed by atoms with Crippen LogP contribution in [0.3, 0.4) is 0 Å². The van der Waals surface area contributed by atoms with Gasteiger partial charge in [0.2, 0.25) is 5.95 Å². The predicted molar refractivity (Wildman–Crippen MR) is 129 cm³/mol. The molecule has 1 fully saturated rings. The zero-order valence-electron chi connectivity index (χ0n) is 18.8. The standard InChI is InChI=1S/C25H24N8O/c1-16(17-7-3-2-4-8-17)29-25-30-20-11-10-18(13-21(20)31-32-25)23-19-14-28-33(24(19)27-15-26-23)22-9-5-6-12-34-22/h2-4,7-8,10-11,13-16,22H,5-6,9,12H2,1H3,(H,29,30,32)/t16-,22?/m1/s1. The molecule has 1 saturated heterocycles. The minimum absolute atomic E-state index is 0.0682. The third-order valence-corrected chi connectivity index (χ3v) is 6.19. The number of aromatic nitrogens is 7. The van der Waals surface area contributed by atoms with Gasteiger partial charge in [0.05, 0.1) is 28.8 Å². The first kappa shape index (κ1) is 20.6. The predicted octanol–water partition coefficient (Wildman–Crippen LogP) is 4.70. The lowest BCUT2D eigenvalue weighted by molar-refractivity contribution is -0.0370. The normalized spacial score (nSPS) is 17.1.